The number of nitrogens with one attached hydrogen (secondary N) is 1. The summed E-state index contributed by atoms with van der Waals surface area (Å²) in [6.07, 6.45) is 0. The topological polar surface area (TPSA) is 30.5 Å². The molecule has 0 aliphatic carbocycles. The monoisotopic (exact) mass is 263 g/mol. The van der Waals surface area contributed by atoms with E-state index in [4.69, 9.17) is 4.74 Å². The first-order valence-corrected chi connectivity index (χ1v) is 4.76. The number of methoxy groups -OCH3 is 1. The Kier molecular flexibility index (Phi) is 4.31. The predicted octanol–water partition coefficient (Wildman–Crippen LogP) is 2.25. The zero-order valence-electron chi connectivity index (χ0n) is 7.93. The summed E-state index contributed by atoms with van der Waals surface area (Å²) in [5, 5.41) is 0. The van der Waals surface area contributed by atoms with Crippen LogP contribution in [0.5, 0.6) is 5.75 Å². The van der Waals surface area contributed by atoms with Gasteiger partial charge < -0.3 is 9.57 Å². The van der Waals surface area contributed by atoms with E-state index in [9.17, 15) is 4.39 Å². The average molecular weight is 264 g/mol. The smallest absolute Gasteiger partial charge is 0.145 e. The van der Waals surface area contributed by atoms with Crippen molar-refractivity contribution >= 4 is 15.9 Å². The number of hydrogen-bond donors (Lipinski definition) is 1. The molecule has 0 unspecified atom stereocenters. The first-order valence-electron chi connectivity index (χ1n) is 3.97. The molecular formula is C9H11BrFNO2. The molecule has 14 heavy (non-hydrogen) atoms. The number of rotatable bonds is 4. The highest BCUT2D eigenvalue weighted by atomic mass is 79.9. The predicted molar refractivity (Wildman–Crippen MR) is 54.5 cm³/mol. The summed E-state index contributed by atoms with van der Waals surface area (Å²) in [7, 11) is 2.97. The minimum absolute atomic E-state index is 0.255. The molecule has 1 aromatic carbocycles. The van der Waals surface area contributed by atoms with E-state index < -0.39 is 0 Å². The van der Waals surface area contributed by atoms with Gasteiger partial charge in [0.15, 0.2) is 0 Å². The third-order valence-corrected chi connectivity index (χ3v) is 2.38. The van der Waals surface area contributed by atoms with Crippen LogP contribution in [0.15, 0.2) is 16.6 Å². The van der Waals surface area contributed by atoms with Crippen LogP contribution in [-0.2, 0) is 11.4 Å². The third-order valence-electron chi connectivity index (χ3n) is 1.77. The van der Waals surface area contributed by atoms with E-state index in [2.05, 4.69) is 26.2 Å². The van der Waals surface area contributed by atoms with Crippen LogP contribution in [0.25, 0.3) is 0 Å². The Labute approximate surface area is 90.3 Å². The van der Waals surface area contributed by atoms with E-state index in [1.807, 2.05) is 0 Å². The fraction of sp³-hybridized carbons (Fsp3) is 0.333. The highest BCUT2D eigenvalue weighted by Crippen LogP contribution is 2.27. The van der Waals surface area contributed by atoms with Gasteiger partial charge in [-0.05, 0) is 28.1 Å². The number of ether oxygens (including phenoxy) is 1. The Morgan fingerprint density at radius 1 is 1.43 bits per heavy atom. The summed E-state index contributed by atoms with van der Waals surface area (Å²) >= 11 is 3.10. The molecule has 0 bridgehead atoms. The lowest BCUT2D eigenvalue weighted by molar-refractivity contribution is 0.0852. The van der Waals surface area contributed by atoms with Gasteiger partial charge in [-0.3, -0.25) is 0 Å². The summed E-state index contributed by atoms with van der Waals surface area (Å²) in [6.45, 7) is 0.255. The Hall–Kier alpha value is -0.650. The van der Waals surface area contributed by atoms with Crippen LogP contribution in [-0.4, -0.2) is 14.2 Å². The first-order chi connectivity index (χ1) is 6.70. The molecule has 0 amide bonds. The number of halogens is 2. The van der Waals surface area contributed by atoms with E-state index in [0.29, 0.717) is 15.8 Å². The standard InChI is InChI=1S/C9H11BrFNO2/c1-13-8-4-3-7(10)9(11)6(8)5-12-14-2/h3-4,12H,5H2,1-2H3. The SMILES string of the molecule is CONCc1c(OC)ccc(Br)c1F. The Morgan fingerprint density at radius 2 is 2.14 bits per heavy atom. The molecule has 78 valence electrons. The van der Waals surface area contributed by atoms with Gasteiger partial charge in [-0.1, -0.05) is 0 Å². The minimum Gasteiger partial charge on any atom is -0.496 e. The molecule has 0 aliphatic rings. The van der Waals surface area contributed by atoms with Crippen LogP contribution >= 0.6 is 15.9 Å². The molecule has 1 N–H and O–H groups in total. The highest BCUT2D eigenvalue weighted by Gasteiger charge is 2.11. The molecule has 0 saturated carbocycles. The van der Waals surface area contributed by atoms with Gasteiger partial charge in [0.05, 0.1) is 25.2 Å². The maximum absolute atomic E-state index is 13.6. The van der Waals surface area contributed by atoms with E-state index in [-0.39, 0.29) is 12.4 Å². The molecule has 3 nitrogen and oxygen atoms in total. The highest BCUT2D eigenvalue weighted by molar-refractivity contribution is 9.10. The fourth-order valence-electron chi connectivity index (χ4n) is 1.08. The number of benzene rings is 1. The van der Waals surface area contributed by atoms with Gasteiger partial charge in [-0.15, -0.1) is 0 Å². The maximum atomic E-state index is 13.6. The molecule has 0 fully saturated rings. The lowest BCUT2D eigenvalue weighted by Crippen LogP contribution is -2.13. The van der Waals surface area contributed by atoms with Crippen molar-refractivity contribution in [1.82, 2.24) is 5.48 Å². The molecule has 0 atom stereocenters. The molecular weight excluding hydrogens is 253 g/mol. The molecule has 5 heteroatoms. The third kappa shape index (κ3) is 2.43. The number of hydrogen-bond acceptors (Lipinski definition) is 3. The maximum Gasteiger partial charge on any atom is 0.145 e. The van der Waals surface area contributed by atoms with Crippen LogP contribution in [0.3, 0.4) is 0 Å². The minimum atomic E-state index is -0.339. The molecule has 0 saturated heterocycles. The van der Waals surface area contributed by atoms with Gasteiger partial charge in [0.2, 0.25) is 0 Å². The summed E-state index contributed by atoms with van der Waals surface area (Å²) < 4.78 is 19.0. The van der Waals surface area contributed by atoms with E-state index in [1.54, 1.807) is 12.1 Å². The summed E-state index contributed by atoms with van der Waals surface area (Å²) in [4.78, 5) is 4.65. The number of hydroxylamine groups is 1. The van der Waals surface area contributed by atoms with Crippen molar-refractivity contribution in [2.45, 2.75) is 6.54 Å². The van der Waals surface area contributed by atoms with Crippen molar-refractivity contribution in [2.75, 3.05) is 14.2 Å². The lowest BCUT2D eigenvalue weighted by atomic mass is 10.2. The molecule has 0 spiro atoms. The van der Waals surface area contributed by atoms with E-state index in [1.165, 1.54) is 14.2 Å². The van der Waals surface area contributed by atoms with Gasteiger partial charge in [0, 0.05) is 5.56 Å². The largest absolute Gasteiger partial charge is 0.496 e. The molecule has 1 rings (SSSR count). The quantitative estimate of drug-likeness (QED) is 0.846. The second kappa shape index (κ2) is 5.29. The van der Waals surface area contributed by atoms with Gasteiger partial charge in [0.25, 0.3) is 0 Å². The van der Waals surface area contributed by atoms with E-state index in [0.717, 1.165) is 0 Å². The van der Waals surface area contributed by atoms with Crippen molar-refractivity contribution in [3.63, 3.8) is 0 Å². The summed E-state index contributed by atoms with van der Waals surface area (Å²) in [6, 6.07) is 3.30. The Bertz CT molecular complexity index is 320. The average Bonchev–Trinajstić information content (AvgIpc) is 2.20. The van der Waals surface area contributed by atoms with Gasteiger partial charge >= 0.3 is 0 Å². The molecule has 0 aromatic heterocycles. The van der Waals surface area contributed by atoms with Crippen LogP contribution in [0.1, 0.15) is 5.56 Å². The van der Waals surface area contributed by atoms with Gasteiger partial charge in [0.1, 0.15) is 11.6 Å². The fourth-order valence-corrected chi connectivity index (χ4v) is 1.45. The van der Waals surface area contributed by atoms with Crippen molar-refractivity contribution in [3.05, 3.63) is 28.0 Å². The second-order valence-corrected chi connectivity index (χ2v) is 3.42. The van der Waals surface area contributed by atoms with Crippen molar-refractivity contribution in [3.8, 4) is 5.75 Å². The van der Waals surface area contributed by atoms with Crippen molar-refractivity contribution < 1.29 is 14.0 Å². The first kappa shape index (κ1) is 11.4. The van der Waals surface area contributed by atoms with Gasteiger partial charge in [-0.25, -0.2) is 4.39 Å². The van der Waals surface area contributed by atoms with Crippen LogP contribution in [0.4, 0.5) is 4.39 Å². The molecule has 0 radical (unpaired) electrons. The zero-order chi connectivity index (χ0) is 10.6. The van der Waals surface area contributed by atoms with Crippen molar-refractivity contribution in [2.24, 2.45) is 0 Å². The van der Waals surface area contributed by atoms with Crippen molar-refractivity contribution in [1.29, 1.82) is 0 Å². The Balaban J connectivity index is 3.01. The molecule has 0 heterocycles. The summed E-state index contributed by atoms with van der Waals surface area (Å²) in [5.74, 6) is 0.157. The van der Waals surface area contributed by atoms with Crippen LogP contribution in [0, 0.1) is 5.82 Å². The van der Waals surface area contributed by atoms with Crippen LogP contribution < -0.4 is 10.2 Å². The Morgan fingerprint density at radius 3 is 2.71 bits per heavy atom. The molecule has 1 aromatic rings. The second-order valence-electron chi connectivity index (χ2n) is 2.57. The lowest BCUT2D eigenvalue weighted by Gasteiger charge is -2.10. The summed E-state index contributed by atoms with van der Waals surface area (Å²) in [5.41, 5.74) is 3.00. The zero-order valence-corrected chi connectivity index (χ0v) is 9.52. The van der Waals surface area contributed by atoms with E-state index >= 15 is 0 Å². The molecule has 0 aliphatic heterocycles. The van der Waals surface area contributed by atoms with Crippen LogP contribution in [0.2, 0.25) is 0 Å². The normalized spacial score (nSPS) is 10.3. The van der Waals surface area contributed by atoms with Gasteiger partial charge in [-0.2, -0.15) is 5.48 Å².